The number of rotatable bonds is 8. The number of hydrogen-bond donors (Lipinski definition) is 1. The molecular formula is C28H34O5. The zero-order valence-corrected chi connectivity index (χ0v) is 20.5. The fourth-order valence-corrected chi connectivity index (χ4v) is 4.21. The highest BCUT2D eigenvalue weighted by Crippen LogP contribution is 2.48. The molecule has 0 spiro atoms. The molecule has 0 bridgehead atoms. The van der Waals surface area contributed by atoms with E-state index in [1.807, 2.05) is 32.0 Å². The van der Waals surface area contributed by atoms with Crippen LogP contribution >= 0.6 is 0 Å². The predicted octanol–water partition coefficient (Wildman–Crippen LogP) is 6.52. The number of phenols is 1. The maximum Gasteiger partial charge on any atom is 0.174 e. The van der Waals surface area contributed by atoms with Crippen LogP contribution in [0.1, 0.15) is 66.8 Å². The van der Waals surface area contributed by atoms with Crippen molar-refractivity contribution in [2.24, 2.45) is 5.92 Å². The normalized spacial score (nSPS) is 15.8. The van der Waals surface area contributed by atoms with Gasteiger partial charge in [0.05, 0.1) is 20.6 Å². The Hall–Kier alpha value is -3.21. The molecule has 2 aromatic carbocycles. The van der Waals surface area contributed by atoms with E-state index < -0.39 is 6.10 Å². The smallest absolute Gasteiger partial charge is 0.174 e. The van der Waals surface area contributed by atoms with Gasteiger partial charge in [-0.05, 0) is 58.1 Å². The minimum atomic E-state index is -0.521. The van der Waals surface area contributed by atoms with Gasteiger partial charge < -0.3 is 19.3 Å². The molecule has 176 valence electrons. The SMILES string of the molecule is C=C(C)C(CC=C(C)C)Cc1c(O)cc(OC)c2c1OC(c1ccc(C)cc1OC)CC2=O. The molecule has 5 heteroatoms. The van der Waals surface area contributed by atoms with Gasteiger partial charge in [-0.3, -0.25) is 4.79 Å². The number of allylic oxidation sites excluding steroid dienone is 3. The summed E-state index contributed by atoms with van der Waals surface area (Å²) < 4.78 is 17.5. The summed E-state index contributed by atoms with van der Waals surface area (Å²) in [7, 11) is 3.10. The predicted molar refractivity (Wildman–Crippen MR) is 131 cm³/mol. The van der Waals surface area contributed by atoms with Gasteiger partial charge in [-0.25, -0.2) is 0 Å². The molecule has 2 unspecified atom stereocenters. The lowest BCUT2D eigenvalue weighted by molar-refractivity contribution is 0.0838. The van der Waals surface area contributed by atoms with Crippen molar-refractivity contribution in [3.63, 3.8) is 0 Å². The van der Waals surface area contributed by atoms with Gasteiger partial charge in [0, 0.05) is 17.2 Å². The summed E-state index contributed by atoms with van der Waals surface area (Å²) in [5.41, 5.74) is 5.08. The summed E-state index contributed by atoms with van der Waals surface area (Å²) in [5.74, 6) is 1.45. The van der Waals surface area contributed by atoms with Crippen LogP contribution in [0.4, 0.5) is 0 Å². The van der Waals surface area contributed by atoms with Gasteiger partial charge in [0.1, 0.15) is 34.7 Å². The van der Waals surface area contributed by atoms with E-state index >= 15 is 0 Å². The Kier molecular flexibility index (Phi) is 7.52. The first-order valence-corrected chi connectivity index (χ1v) is 11.2. The molecule has 0 aromatic heterocycles. The van der Waals surface area contributed by atoms with Gasteiger partial charge in [-0.2, -0.15) is 0 Å². The number of fused-ring (bicyclic) bond motifs is 1. The Morgan fingerprint density at radius 2 is 1.91 bits per heavy atom. The Labute approximate surface area is 196 Å². The summed E-state index contributed by atoms with van der Waals surface area (Å²) in [6.45, 7) is 12.2. The minimum Gasteiger partial charge on any atom is -0.507 e. The van der Waals surface area contributed by atoms with Crippen molar-refractivity contribution < 1.29 is 24.1 Å². The molecule has 0 aliphatic carbocycles. The van der Waals surface area contributed by atoms with Gasteiger partial charge in [-0.1, -0.05) is 35.9 Å². The lowest BCUT2D eigenvalue weighted by Gasteiger charge is -2.30. The number of carbonyl (C=O) groups excluding carboxylic acids is 1. The van der Waals surface area contributed by atoms with Crippen LogP contribution in [0.5, 0.6) is 23.0 Å². The molecule has 1 heterocycles. The van der Waals surface area contributed by atoms with Gasteiger partial charge >= 0.3 is 0 Å². The van der Waals surface area contributed by atoms with E-state index in [2.05, 4.69) is 26.5 Å². The zero-order chi connectivity index (χ0) is 24.3. The van der Waals surface area contributed by atoms with Gasteiger partial charge in [-0.15, -0.1) is 0 Å². The van der Waals surface area contributed by atoms with Crippen molar-refractivity contribution in [2.75, 3.05) is 14.2 Å². The second kappa shape index (κ2) is 10.2. The van der Waals surface area contributed by atoms with Crippen LogP contribution < -0.4 is 14.2 Å². The zero-order valence-electron chi connectivity index (χ0n) is 20.5. The summed E-state index contributed by atoms with van der Waals surface area (Å²) in [6.07, 6.45) is 3.10. The molecule has 0 saturated heterocycles. The van der Waals surface area contributed by atoms with Gasteiger partial charge in [0.2, 0.25) is 0 Å². The molecule has 33 heavy (non-hydrogen) atoms. The Morgan fingerprint density at radius 3 is 2.52 bits per heavy atom. The highest BCUT2D eigenvalue weighted by Gasteiger charge is 2.35. The van der Waals surface area contributed by atoms with E-state index in [1.165, 1.54) is 18.7 Å². The molecule has 2 aromatic rings. The first kappa shape index (κ1) is 24.4. The summed E-state index contributed by atoms with van der Waals surface area (Å²) in [6, 6.07) is 7.35. The standard InChI is InChI=1S/C28H34O5/c1-16(2)8-10-19(17(3)4)13-21-22(29)14-26(32-7)27-23(30)15-25(33-28(21)27)20-11-9-18(5)12-24(20)31-6/h8-9,11-12,14,19,25,29H,3,10,13,15H2,1-2,4-7H3. The third-order valence-electron chi connectivity index (χ3n) is 6.15. The molecule has 1 aliphatic rings. The van der Waals surface area contributed by atoms with Crippen LogP contribution in [-0.2, 0) is 6.42 Å². The largest absolute Gasteiger partial charge is 0.507 e. The van der Waals surface area contributed by atoms with E-state index in [0.29, 0.717) is 34.8 Å². The van der Waals surface area contributed by atoms with Gasteiger partial charge in [0.25, 0.3) is 0 Å². The number of ether oxygens (including phenoxy) is 3. The average molecular weight is 451 g/mol. The summed E-state index contributed by atoms with van der Waals surface area (Å²) >= 11 is 0. The fraction of sp³-hybridized carbons (Fsp3) is 0.393. The van der Waals surface area contributed by atoms with Crippen molar-refractivity contribution in [1.29, 1.82) is 0 Å². The number of ketones is 1. The number of carbonyl (C=O) groups is 1. The summed E-state index contributed by atoms with van der Waals surface area (Å²) in [5, 5.41) is 10.9. The van der Waals surface area contributed by atoms with Crippen LogP contribution in [0.25, 0.3) is 0 Å². The number of methoxy groups -OCH3 is 2. The quantitative estimate of drug-likeness (QED) is 0.464. The molecule has 0 fully saturated rings. The third-order valence-corrected chi connectivity index (χ3v) is 6.15. The van der Waals surface area contributed by atoms with E-state index in [0.717, 1.165) is 23.1 Å². The first-order chi connectivity index (χ1) is 15.7. The molecule has 0 saturated carbocycles. The molecular weight excluding hydrogens is 416 g/mol. The van der Waals surface area contributed by atoms with Crippen LogP contribution in [0.2, 0.25) is 0 Å². The Morgan fingerprint density at radius 1 is 1.21 bits per heavy atom. The van der Waals surface area contributed by atoms with E-state index in [4.69, 9.17) is 14.2 Å². The summed E-state index contributed by atoms with van der Waals surface area (Å²) in [4.78, 5) is 13.3. The number of phenolic OH excluding ortho intramolecular Hbond substituents is 1. The van der Waals surface area contributed by atoms with Gasteiger partial charge in [0.15, 0.2) is 5.78 Å². The van der Waals surface area contributed by atoms with Crippen molar-refractivity contribution >= 4 is 5.78 Å². The highest BCUT2D eigenvalue weighted by atomic mass is 16.5. The van der Waals surface area contributed by atoms with Crippen molar-refractivity contribution in [3.05, 3.63) is 70.3 Å². The molecule has 5 nitrogen and oxygen atoms in total. The van der Waals surface area contributed by atoms with Crippen molar-refractivity contribution in [3.8, 4) is 23.0 Å². The molecule has 2 atom stereocenters. The molecule has 1 aliphatic heterocycles. The molecule has 1 N–H and O–H groups in total. The third kappa shape index (κ3) is 5.24. The van der Waals surface area contributed by atoms with Crippen LogP contribution in [0, 0.1) is 12.8 Å². The average Bonchev–Trinajstić information content (AvgIpc) is 2.76. The Bertz CT molecular complexity index is 1090. The number of hydrogen-bond acceptors (Lipinski definition) is 5. The lowest BCUT2D eigenvalue weighted by Crippen LogP contribution is -2.23. The second-order valence-electron chi connectivity index (χ2n) is 9.02. The molecule has 0 amide bonds. The number of Topliss-reactive ketones (excluding diaryl/α,β-unsaturated/α-hetero) is 1. The first-order valence-electron chi connectivity index (χ1n) is 11.2. The van der Waals surface area contributed by atoms with Crippen molar-refractivity contribution in [1.82, 2.24) is 0 Å². The topological polar surface area (TPSA) is 65.0 Å². The van der Waals surface area contributed by atoms with Crippen molar-refractivity contribution in [2.45, 2.75) is 53.1 Å². The van der Waals surface area contributed by atoms with E-state index in [-0.39, 0.29) is 23.9 Å². The molecule has 3 rings (SSSR count). The number of benzene rings is 2. The van der Waals surface area contributed by atoms with Crippen LogP contribution in [0.3, 0.4) is 0 Å². The number of aryl methyl sites for hydroxylation is 1. The van der Waals surface area contributed by atoms with Crippen LogP contribution in [0.15, 0.2) is 48.1 Å². The van der Waals surface area contributed by atoms with E-state index in [9.17, 15) is 9.90 Å². The van der Waals surface area contributed by atoms with E-state index in [1.54, 1.807) is 7.11 Å². The monoisotopic (exact) mass is 450 g/mol. The maximum atomic E-state index is 13.3. The lowest BCUT2D eigenvalue weighted by atomic mass is 9.86. The minimum absolute atomic E-state index is 0.0540. The number of aromatic hydroxyl groups is 1. The maximum absolute atomic E-state index is 13.3. The highest BCUT2D eigenvalue weighted by molar-refractivity contribution is 6.03. The molecule has 0 radical (unpaired) electrons. The fourth-order valence-electron chi connectivity index (χ4n) is 4.21. The second-order valence-corrected chi connectivity index (χ2v) is 9.02. The van der Waals surface area contributed by atoms with Crippen LogP contribution in [-0.4, -0.2) is 25.1 Å². The Balaban J connectivity index is 2.10.